The first kappa shape index (κ1) is 12.8. The second-order valence-corrected chi connectivity index (χ2v) is 5.44. The van der Waals surface area contributed by atoms with Crippen molar-refractivity contribution in [2.24, 2.45) is 0 Å². The number of benzene rings is 1. The molecule has 3 nitrogen and oxygen atoms in total. The highest BCUT2D eigenvalue weighted by atomic mass is 35.5. The summed E-state index contributed by atoms with van der Waals surface area (Å²) in [5.74, 6) is 0. The molecule has 0 spiro atoms. The number of halogens is 1. The predicted molar refractivity (Wildman–Crippen MR) is 74.4 cm³/mol. The molecule has 0 radical (unpaired) electrons. The molecular formula is C13H10ClNO2S. The van der Waals surface area contributed by atoms with Crippen molar-refractivity contribution in [2.45, 2.75) is 6.42 Å². The van der Waals surface area contributed by atoms with Crippen molar-refractivity contribution in [1.29, 1.82) is 0 Å². The molecule has 1 aromatic carbocycles. The maximum atomic E-state index is 11.0. The Morgan fingerprint density at radius 2 is 2.00 bits per heavy atom. The van der Waals surface area contributed by atoms with Gasteiger partial charge in [-0.2, -0.15) is 0 Å². The second-order valence-electron chi connectivity index (χ2n) is 3.70. The largest absolute Gasteiger partial charge is 0.259 e. The van der Waals surface area contributed by atoms with Crippen molar-refractivity contribution in [3.8, 4) is 0 Å². The zero-order valence-electron chi connectivity index (χ0n) is 9.38. The van der Waals surface area contributed by atoms with Crippen LogP contribution in [0.25, 0.3) is 6.08 Å². The van der Waals surface area contributed by atoms with Gasteiger partial charge in [-0.3, -0.25) is 10.1 Å². The van der Waals surface area contributed by atoms with Gasteiger partial charge >= 0.3 is 0 Å². The molecule has 0 N–H and O–H groups in total. The first-order valence-corrected chi connectivity index (χ1v) is 6.49. The smallest absolute Gasteiger partial charge is 0.252 e. The molecule has 0 saturated heterocycles. The number of rotatable bonds is 4. The number of nitrogens with zero attached hydrogens (tertiary/aromatic N) is 1. The normalized spacial score (nSPS) is 11.5. The first-order valence-electron chi connectivity index (χ1n) is 5.29. The van der Waals surface area contributed by atoms with E-state index in [0.717, 1.165) is 10.4 Å². The second kappa shape index (κ2) is 5.80. The summed E-state index contributed by atoms with van der Waals surface area (Å²) in [6.45, 7) is 0. The van der Waals surface area contributed by atoms with Gasteiger partial charge in [-0.25, -0.2) is 0 Å². The molecule has 2 aromatic rings. The Morgan fingerprint density at radius 3 is 2.56 bits per heavy atom. The van der Waals surface area contributed by atoms with Crippen LogP contribution in [0, 0.1) is 10.1 Å². The van der Waals surface area contributed by atoms with E-state index in [4.69, 9.17) is 11.6 Å². The fraction of sp³-hybridized carbons (Fsp3) is 0.0769. The molecule has 0 saturated carbocycles. The van der Waals surface area contributed by atoms with Crippen LogP contribution >= 0.6 is 22.9 Å². The van der Waals surface area contributed by atoms with Gasteiger partial charge in [-0.1, -0.05) is 41.9 Å². The Bertz CT molecular complexity index is 578. The van der Waals surface area contributed by atoms with Crippen molar-refractivity contribution in [3.63, 3.8) is 0 Å². The molecule has 0 aliphatic heterocycles. The van der Waals surface area contributed by atoms with E-state index in [9.17, 15) is 10.1 Å². The summed E-state index contributed by atoms with van der Waals surface area (Å²) in [6, 6.07) is 12.9. The van der Waals surface area contributed by atoms with E-state index in [0.29, 0.717) is 10.8 Å². The lowest BCUT2D eigenvalue weighted by atomic mass is 10.1. The lowest BCUT2D eigenvalue weighted by Crippen LogP contribution is -2.01. The van der Waals surface area contributed by atoms with Crippen molar-refractivity contribution < 1.29 is 4.92 Å². The highest BCUT2D eigenvalue weighted by Gasteiger charge is 2.12. The van der Waals surface area contributed by atoms with E-state index in [-0.39, 0.29) is 10.6 Å². The van der Waals surface area contributed by atoms with Crippen LogP contribution in [-0.2, 0) is 6.42 Å². The van der Waals surface area contributed by atoms with E-state index in [2.05, 4.69) is 0 Å². The minimum atomic E-state index is -0.347. The minimum Gasteiger partial charge on any atom is -0.259 e. The summed E-state index contributed by atoms with van der Waals surface area (Å²) in [4.78, 5) is 11.5. The average molecular weight is 280 g/mol. The highest BCUT2D eigenvalue weighted by Crippen LogP contribution is 2.24. The van der Waals surface area contributed by atoms with E-state index in [1.807, 2.05) is 30.3 Å². The molecule has 0 atom stereocenters. The molecule has 1 aromatic heterocycles. The molecule has 92 valence electrons. The molecule has 0 bridgehead atoms. The number of thiophene rings is 1. The van der Waals surface area contributed by atoms with Crippen LogP contribution in [0.2, 0.25) is 4.34 Å². The highest BCUT2D eigenvalue weighted by molar-refractivity contribution is 7.17. The Balaban J connectivity index is 2.24. The molecule has 0 amide bonds. The predicted octanol–water partition coefficient (Wildman–Crippen LogP) is 4.26. The summed E-state index contributed by atoms with van der Waals surface area (Å²) >= 11 is 7.13. The fourth-order valence-corrected chi connectivity index (χ4v) is 2.57. The standard InChI is InChI=1S/C13H10ClNO2S/c14-13-7-6-12(18-13)9-11(15(16)17)8-10-4-2-1-3-5-10/h1-7,9H,8H2. The molecule has 0 unspecified atom stereocenters. The van der Waals surface area contributed by atoms with Crippen LogP contribution in [0.3, 0.4) is 0 Å². The summed E-state index contributed by atoms with van der Waals surface area (Å²) in [5.41, 5.74) is 1.09. The summed E-state index contributed by atoms with van der Waals surface area (Å²) < 4.78 is 0.628. The third-order valence-electron chi connectivity index (χ3n) is 2.37. The molecule has 0 aliphatic rings. The zero-order chi connectivity index (χ0) is 13.0. The van der Waals surface area contributed by atoms with E-state index < -0.39 is 0 Å². The summed E-state index contributed by atoms with van der Waals surface area (Å²) in [7, 11) is 0. The molecule has 0 fully saturated rings. The lowest BCUT2D eigenvalue weighted by molar-refractivity contribution is -0.425. The number of nitro groups is 1. The molecule has 18 heavy (non-hydrogen) atoms. The van der Waals surface area contributed by atoms with Crippen molar-refractivity contribution >= 4 is 29.0 Å². The summed E-state index contributed by atoms with van der Waals surface area (Å²) in [5, 5.41) is 11.0. The maximum absolute atomic E-state index is 11.0. The van der Waals surface area contributed by atoms with Crippen molar-refractivity contribution in [2.75, 3.05) is 0 Å². The minimum absolute atomic E-state index is 0.166. The Hall–Kier alpha value is -1.65. The van der Waals surface area contributed by atoms with Gasteiger partial charge in [0.2, 0.25) is 0 Å². The monoisotopic (exact) mass is 279 g/mol. The number of hydrogen-bond donors (Lipinski definition) is 0. The van der Waals surface area contributed by atoms with Gasteiger partial charge in [0.1, 0.15) is 0 Å². The number of hydrogen-bond acceptors (Lipinski definition) is 3. The topological polar surface area (TPSA) is 43.1 Å². The van der Waals surface area contributed by atoms with Crippen molar-refractivity contribution in [3.05, 3.63) is 73.1 Å². The molecule has 2 rings (SSSR count). The van der Waals surface area contributed by atoms with Gasteiger partial charge in [-0.05, 0) is 17.7 Å². The van der Waals surface area contributed by atoms with E-state index in [1.165, 1.54) is 11.3 Å². The molecule has 5 heteroatoms. The third kappa shape index (κ3) is 3.42. The van der Waals surface area contributed by atoms with E-state index in [1.54, 1.807) is 18.2 Å². The van der Waals surface area contributed by atoms with Crippen LogP contribution < -0.4 is 0 Å². The van der Waals surface area contributed by atoms with E-state index >= 15 is 0 Å². The molecule has 0 aliphatic carbocycles. The average Bonchev–Trinajstić information content (AvgIpc) is 2.75. The van der Waals surface area contributed by atoms with Crippen LogP contribution in [0.5, 0.6) is 0 Å². The zero-order valence-corrected chi connectivity index (χ0v) is 10.9. The Labute approximate surface area is 113 Å². The van der Waals surface area contributed by atoms with Gasteiger partial charge < -0.3 is 0 Å². The van der Waals surface area contributed by atoms with Gasteiger partial charge in [0, 0.05) is 11.0 Å². The fourth-order valence-electron chi connectivity index (χ4n) is 1.54. The van der Waals surface area contributed by atoms with Crippen LogP contribution in [0.4, 0.5) is 0 Å². The SMILES string of the molecule is O=[N+]([O-])C(=Cc1ccc(Cl)s1)Cc1ccccc1. The van der Waals surface area contributed by atoms with Crippen LogP contribution in [0.1, 0.15) is 10.4 Å². The lowest BCUT2D eigenvalue weighted by Gasteiger charge is -1.98. The Kier molecular flexibility index (Phi) is 4.12. The third-order valence-corrected chi connectivity index (χ3v) is 3.54. The van der Waals surface area contributed by atoms with Crippen molar-refractivity contribution in [1.82, 2.24) is 0 Å². The van der Waals surface area contributed by atoms with Crippen LogP contribution in [0.15, 0.2) is 48.2 Å². The number of allylic oxidation sites excluding steroid dienone is 1. The quantitative estimate of drug-likeness (QED) is 0.620. The molecular weight excluding hydrogens is 270 g/mol. The maximum Gasteiger partial charge on any atom is 0.252 e. The van der Waals surface area contributed by atoms with Gasteiger partial charge in [0.25, 0.3) is 5.70 Å². The first-order chi connectivity index (χ1) is 8.65. The van der Waals surface area contributed by atoms with Gasteiger partial charge in [-0.15, -0.1) is 11.3 Å². The molecule has 1 heterocycles. The van der Waals surface area contributed by atoms with Crippen LogP contribution in [-0.4, -0.2) is 4.92 Å². The van der Waals surface area contributed by atoms with Gasteiger partial charge in [0.05, 0.1) is 15.7 Å². The summed E-state index contributed by atoms with van der Waals surface area (Å²) in [6.07, 6.45) is 1.88. The Morgan fingerprint density at radius 1 is 1.28 bits per heavy atom. The van der Waals surface area contributed by atoms with Gasteiger partial charge in [0.15, 0.2) is 0 Å².